The number of nitro benzene ring substituents is 1. The van der Waals surface area contributed by atoms with E-state index in [0.29, 0.717) is 16.6 Å². The number of hydrogen-bond donors (Lipinski definition) is 1. The molecule has 0 radical (unpaired) electrons. The zero-order valence-corrected chi connectivity index (χ0v) is 15.8. The van der Waals surface area contributed by atoms with Crippen molar-refractivity contribution in [3.8, 4) is 5.75 Å². The van der Waals surface area contributed by atoms with Gasteiger partial charge in [-0.25, -0.2) is 13.1 Å². The Balaban J connectivity index is 2.14. The van der Waals surface area contributed by atoms with E-state index in [0.717, 1.165) is 6.07 Å². The van der Waals surface area contributed by atoms with Gasteiger partial charge in [0, 0.05) is 17.1 Å². The van der Waals surface area contributed by atoms with Crippen LogP contribution in [0, 0.1) is 10.1 Å². The lowest BCUT2D eigenvalue weighted by Crippen LogP contribution is -2.35. The van der Waals surface area contributed by atoms with Crippen molar-refractivity contribution in [1.29, 1.82) is 0 Å². The summed E-state index contributed by atoms with van der Waals surface area (Å²) >= 11 is 3.10. The maximum Gasteiger partial charge on any atom is 0.290 e. The fraction of sp³-hybridized carbons (Fsp3) is 0.250. The van der Waals surface area contributed by atoms with Crippen molar-refractivity contribution < 1.29 is 18.1 Å². The molecule has 0 saturated heterocycles. The van der Waals surface area contributed by atoms with Crippen molar-refractivity contribution in [1.82, 2.24) is 4.72 Å². The van der Waals surface area contributed by atoms with E-state index in [9.17, 15) is 18.5 Å². The molecule has 0 spiro atoms. The number of sulfonamides is 1. The summed E-state index contributed by atoms with van der Waals surface area (Å²) in [5.74, 6) is 0.628. The molecule has 1 atom stereocenters. The van der Waals surface area contributed by atoms with Crippen molar-refractivity contribution in [3.05, 3.63) is 63.1 Å². The maximum atomic E-state index is 12.5. The quantitative estimate of drug-likeness (QED) is 0.512. The minimum absolute atomic E-state index is 0.000938. The van der Waals surface area contributed by atoms with Gasteiger partial charge in [-0.15, -0.1) is 0 Å². The van der Waals surface area contributed by atoms with E-state index in [4.69, 9.17) is 4.74 Å². The van der Waals surface area contributed by atoms with Crippen LogP contribution in [0.1, 0.15) is 13.3 Å². The molecule has 0 aliphatic rings. The number of halogens is 1. The molecule has 0 amide bonds. The van der Waals surface area contributed by atoms with Gasteiger partial charge in [-0.2, -0.15) is 0 Å². The summed E-state index contributed by atoms with van der Waals surface area (Å²) in [5, 5.41) is 11.1. The van der Waals surface area contributed by atoms with Crippen LogP contribution in [0.4, 0.5) is 5.69 Å². The zero-order valence-electron chi connectivity index (χ0n) is 13.4. The van der Waals surface area contributed by atoms with E-state index in [1.807, 2.05) is 25.1 Å². The van der Waals surface area contributed by atoms with Gasteiger partial charge in [0.05, 0.1) is 4.92 Å². The number of nitrogens with zero attached hydrogens (tertiary/aromatic N) is 1. The molecular weight excluding hydrogens is 412 g/mol. The molecule has 0 bridgehead atoms. The number of benzene rings is 2. The minimum atomic E-state index is -4.04. The third kappa shape index (κ3) is 5.25. The second kappa shape index (κ2) is 8.41. The third-order valence-corrected chi connectivity index (χ3v) is 5.37. The average molecular weight is 429 g/mol. The molecule has 7 nitrogen and oxygen atoms in total. The first kappa shape index (κ1) is 19.4. The molecule has 0 aliphatic carbocycles. The van der Waals surface area contributed by atoms with E-state index in [1.165, 1.54) is 12.1 Å². The van der Waals surface area contributed by atoms with Crippen molar-refractivity contribution in [2.75, 3.05) is 6.54 Å². The first-order valence-electron chi connectivity index (χ1n) is 7.49. The molecule has 0 heterocycles. The second-order valence-corrected chi connectivity index (χ2v) is 7.83. The van der Waals surface area contributed by atoms with Crippen LogP contribution < -0.4 is 9.46 Å². The van der Waals surface area contributed by atoms with Crippen LogP contribution in [-0.2, 0) is 10.0 Å². The highest BCUT2D eigenvalue weighted by Gasteiger charge is 2.26. The molecule has 0 fully saturated rings. The average Bonchev–Trinajstić information content (AvgIpc) is 2.59. The number of nitrogens with one attached hydrogen (secondary N) is 1. The minimum Gasteiger partial charge on any atom is -0.489 e. The highest BCUT2D eigenvalue weighted by Crippen LogP contribution is 2.27. The third-order valence-electron chi connectivity index (χ3n) is 3.41. The fourth-order valence-corrected chi connectivity index (χ4v) is 3.67. The Labute approximate surface area is 154 Å². The largest absolute Gasteiger partial charge is 0.489 e. The van der Waals surface area contributed by atoms with Gasteiger partial charge in [-0.1, -0.05) is 41.1 Å². The normalized spacial score (nSPS) is 12.6. The molecule has 134 valence electrons. The summed E-state index contributed by atoms with van der Waals surface area (Å²) in [6.07, 6.45) is 0.173. The predicted molar refractivity (Wildman–Crippen MR) is 97.1 cm³/mol. The first-order valence-corrected chi connectivity index (χ1v) is 9.76. The Morgan fingerprint density at radius 3 is 2.52 bits per heavy atom. The smallest absolute Gasteiger partial charge is 0.290 e. The van der Waals surface area contributed by atoms with Crippen molar-refractivity contribution >= 4 is 31.6 Å². The van der Waals surface area contributed by atoms with E-state index in [2.05, 4.69) is 20.7 Å². The van der Waals surface area contributed by atoms with Crippen LogP contribution in [-0.4, -0.2) is 26.0 Å². The maximum absolute atomic E-state index is 12.5. The summed E-state index contributed by atoms with van der Waals surface area (Å²) in [5.41, 5.74) is -0.487. The molecule has 1 N–H and O–H groups in total. The van der Waals surface area contributed by atoms with Gasteiger partial charge >= 0.3 is 0 Å². The molecule has 1 unspecified atom stereocenters. The second-order valence-electron chi connectivity index (χ2n) is 5.18. The molecule has 0 saturated carbocycles. The van der Waals surface area contributed by atoms with Crippen LogP contribution in [0.5, 0.6) is 5.75 Å². The first-order chi connectivity index (χ1) is 11.8. The molecule has 25 heavy (non-hydrogen) atoms. The standard InChI is InChI=1S/C16H17BrN2O5S/c1-2-13(24-14-6-4-3-5-7-14)11-18-25(22,23)16-9-8-12(17)10-15(16)19(20)21/h3-10,13,18H,2,11H2,1H3. The van der Waals surface area contributed by atoms with E-state index < -0.39 is 26.7 Å². The lowest BCUT2D eigenvalue weighted by molar-refractivity contribution is -0.387. The Morgan fingerprint density at radius 1 is 1.24 bits per heavy atom. The van der Waals surface area contributed by atoms with Gasteiger partial charge in [0.25, 0.3) is 5.69 Å². The monoisotopic (exact) mass is 428 g/mol. The molecule has 2 aromatic rings. The molecular formula is C16H17BrN2O5S. The SMILES string of the molecule is CCC(CNS(=O)(=O)c1ccc(Br)cc1[N+](=O)[O-])Oc1ccccc1. The number of rotatable bonds is 8. The molecule has 9 heteroatoms. The van der Waals surface area contributed by atoms with Crippen LogP contribution in [0.2, 0.25) is 0 Å². The highest BCUT2D eigenvalue weighted by atomic mass is 79.9. The van der Waals surface area contributed by atoms with Gasteiger partial charge in [-0.05, 0) is 30.7 Å². The molecule has 2 aromatic carbocycles. The summed E-state index contributed by atoms with van der Waals surface area (Å²) < 4.78 is 33.5. The lowest BCUT2D eigenvalue weighted by Gasteiger charge is -2.18. The Morgan fingerprint density at radius 2 is 1.92 bits per heavy atom. The van der Waals surface area contributed by atoms with Crippen LogP contribution >= 0.6 is 15.9 Å². The molecule has 2 rings (SSSR count). The van der Waals surface area contributed by atoms with Crippen LogP contribution in [0.25, 0.3) is 0 Å². The van der Waals surface area contributed by atoms with E-state index in [1.54, 1.807) is 12.1 Å². The Bertz CT molecular complexity index is 843. The summed E-state index contributed by atoms with van der Waals surface area (Å²) in [6.45, 7) is 1.87. The van der Waals surface area contributed by atoms with Crippen LogP contribution in [0.3, 0.4) is 0 Å². The fourth-order valence-electron chi connectivity index (χ4n) is 2.10. The highest BCUT2D eigenvalue weighted by molar-refractivity contribution is 9.10. The number of nitro groups is 1. The lowest BCUT2D eigenvalue weighted by atomic mass is 10.2. The van der Waals surface area contributed by atoms with Crippen molar-refractivity contribution in [2.45, 2.75) is 24.3 Å². The Hall–Kier alpha value is -1.97. The zero-order chi connectivity index (χ0) is 18.4. The van der Waals surface area contributed by atoms with Crippen molar-refractivity contribution in [2.24, 2.45) is 0 Å². The Kier molecular flexibility index (Phi) is 6.51. The number of ether oxygens (including phenoxy) is 1. The van der Waals surface area contributed by atoms with Gasteiger partial charge in [0.15, 0.2) is 4.90 Å². The summed E-state index contributed by atoms with van der Waals surface area (Å²) in [4.78, 5) is 10.0. The molecule has 0 aliphatic heterocycles. The topological polar surface area (TPSA) is 98.5 Å². The van der Waals surface area contributed by atoms with Crippen molar-refractivity contribution in [3.63, 3.8) is 0 Å². The predicted octanol–water partition coefficient (Wildman–Crippen LogP) is 3.49. The van der Waals surface area contributed by atoms with Gasteiger partial charge in [0.2, 0.25) is 10.0 Å². The summed E-state index contributed by atoms with van der Waals surface area (Å²) in [7, 11) is -4.04. The number of para-hydroxylation sites is 1. The van der Waals surface area contributed by atoms with Gasteiger partial charge in [0.1, 0.15) is 11.9 Å². The van der Waals surface area contributed by atoms with Crippen LogP contribution in [0.15, 0.2) is 57.9 Å². The van der Waals surface area contributed by atoms with E-state index >= 15 is 0 Å². The van der Waals surface area contributed by atoms with Gasteiger partial charge < -0.3 is 4.74 Å². The summed E-state index contributed by atoms with van der Waals surface area (Å²) in [6, 6.07) is 12.8. The van der Waals surface area contributed by atoms with E-state index in [-0.39, 0.29) is 11.4 Å². The van der Waals surface area contributed by atoms with Gasteiger partial charge in [-0.3, -0.25) is 10.1 Å². The number of hydrogen-bond acceptors (Lipinski definition) is 5. The molecule has 0 aromatic heterocycles.